The van der Waals surface area contributed by atoms with E-state index < -0.39 is 0 Å². The highest BCUT2D eigenvalue weighted by Crippen LogP contribution is 2.35. The molecular weight excluding hydrogens is 442 g/mol. The first-order valence-corrected chi connectivity index (χ1v) is 12.9. The highest BCUT2D eigenvalue weighted by molar-refractivity contribution is 7.10. The molecule has 3 aromatic rings. The van der Waals surface area contributed by atoms with E-state index in [2.05, 4.69) is 64.3 Å². The van der Waals surface area contributed by atoms with Gasteiger partial charge in [0.15, 0.2) is 0 Å². The number of fused-ring (bicyclic) bond motifs is 1. The average Bonchev–Trinajstić information content (AvgIpc) is 3.38. The molecule has 0 spiro atoms. The maximum atomic E-state index is 10.2. The number of nitrogens with zero attached hydrogens (tertiary/aromatic N) is 3. The van der Waals surface area contributed by atoms with E-state index in [4.69, 9.17) is 4.74 Å². The van der Waals surface area contributed by atoms with Crippen LogP contribution in [0.25, 0.3) is 10.9 Å². The maximum Gasteiger partial charge on any atom is 0.119 e. The molecule has 2 aromatic heterocycles. The highest BCUT2D eigenvalue weighted by atomic mass is 32.1. The molecule has 1 aliphatic heterocycles. The molecule has 1 N–H and O–H groups in total. The first-order valence-electron chi connectivity index (χ1n) is 12.0. The largest absolute Gasteiger partial charge is 0.497 e. The van der Waals surface area contributed by atoms with Crippen molar-refractivity contribution >= 4 is 22.2 Å². The average molecular weight is 478 g/mol. The molecule has 3 atom stereocenters. The number of methoxy groups -OCH3 is 1. The molecular formula is C28H35N3O2S. The van der Waals surface area contributed by atoms with Crippen molar-refractivity contribution in [3.8, 4) is 17.6 Å². The summed E-state index contributed by atoms with van der Waals surface area (Å²) in [6.07, 6.45) is 5.16. The number of thiophene rings is 1. The van der Waals surface area contributed by atoms with Gasteiger partial charge >= 0.3 is 0 Å². The molecule has 0 unspecified atom stereocenters. The molecule has 4 rings (SSSR count). The number of aliphatic hydroxyl groups is 1. The van der Waals surface area contributed by atoms with Crippen molar-refractivity contribution in [1.82, 2.24) is 14.8 Å². The van der Waals surface area contributed by atoms with Gasteiger partial charge in [-0.25, -0.2) is 0 Å². The third-order valence-electron chi connectivity index (χ3n) is 7.02. The molecule has 1 aliphatic rings. The summed E-state index contributed by atoms with van der Waals surface area (Å²) in [4.78, 5) is 10.4. The summed E-state index contributed by atoms with van der Waals surface area (Å²) in [6, 6.07) is 12.6. The van der Waals surface area contributed by atoms with Gasteiger partial charge in [0.05, 0.1) is 24.0 Å². The smallest absolute Gasteiger partial charge is 0.119 e. The van der Waals surface area contributed by atoms with Gasteiger partial charge < -0.3 is 14.7 Å². The number of likely N-dealkylation sites (tertiary alicyclic amines) is 1. The van der Waals surface area contributed by atoms with E-state index in [-0.39, 0.29) is 12.6 Å². The van der Waals surface area contributed by atoms with Crippen LogP contribution in [0.2, 0.25) is 0 Å². The summed E-state index contributed by atoms with van der Waals surface area (Å²) >= 11 is 1.68. The van der Waals surface area contributed by atoms with E-state index in [1.807, 2.05) is 24.4 Å². The van der Waals surface area contributed by atoms with Crippen LogP contribution in [-0.4, -0.2) is 67.3 Å². The molecule has 0 bridgehead atoms. The molecule has 34 heavy (non-hydrogen) atoms. The number of pyridine rings is 1. The van der Waals surface area contributed by atoms with Gasteiger partial charge in [0, 0.05) is 30.8 Å². The second-order valence-corrected chi connectivity index (χ2v) is 10.3. The maximum absolute atomic E-state index is 10.2. The normalized spacial score (nSPS) is 19.7. The molecule has 1 saturated heterocycles. The Balaban J connectivity index is 1.41. The number of hydrogen-bond acceptors (Lipinski definition) is 6. The van der Waals surface area contributed by atoms with Crippen molar-refractivity contribution in [3.05, 3.63) is 58.4 Å². The Bertz CT molecular complexity index is 1120. The monoisotopic (exact) mass is 477 g/mol. The van der Waals surface area contributed by atoms with Crippen LogP contribution < -0.4 is 4.74 Å². The van der Waals surface area contributed by atoms with Crippen LogP contribution >= 0.6 is 11.3 Å². The summed E-state index contributed by atoms with van der Waals surface area (Å²) in [5.74, 6) is 8.25. The van der Waals surface area contributed by atoms with Crippen molar-refractivity contribution < 1.29 is 9.84 Å². The van der Waals surface area contributed by atoms with Gasteiger partial charge in [0.25, 0.3) is 0 Å². The van der Waals surface area contributed by atoms with E-state index in [9.17, 15) is 5.11 Å². The number of hydrogen-bond donors (Lipinski definition) is 1. The van der Waals surface area contributed by atoms with Crippen LogP contribution in [0.4, 0.5) is 0 Å². The third-order valence-corrected chi connectivity index (χ3v) is 7.81. The lowest BCUT2D eigenvalue weighted by molar-refractivity contribution is 0.0707. The van der Waals surface area contributed by atoms with E-state index in [1.165, 1.54) is 5.56 Å². The lowest BCUT2D eigenvalue weighted by Gasteiger charge is -2.38. The number of aromatic nitrogens is 1. The van der Waals surface area contributed by atoms with Crippen LogP contribution in [0.5, 0.6) is 5.75 Å². The van der Waals surface area contributed by atoms with Crippen LogP contribution in [-0.2, 0) is 0 Å². The molecule has 1 aromatic carbocycles. The predicted molar refractivity (Wildman–Crippen MR) is 140 cm³/mol. The summed E-state index contributed by atoms with van der Waals surface area (Å²) in [5, 5.41) is 13.4. The minimum atomic E-state index is 0.238. The zero-order valence-electron chi connectivity index (χ0n) is 20.4. The Morgan fingerprint density at radius 3 is 2.88 bits per heavy atom. The zero-order chi connectivity index (χ0) is 23.9. The van der Waals surface area contributed by atoms with Gasteiger partial charge in [0.2, 0.25) is 0 Å². The van der Waals surface area contributed by atoms with Crippen molar-refractivity contribution in [1.29, 1.82) is 0 Å². The van der Waals surface area contributed by atoms with E-state index in [0.29, 0.717) is 11.8 Å². The Morgan fingerprint density at radius 1 is 1.26 bits per heavy atom. The molecule has 6 heteroatoms. The molecule has 5 nitrogen and oxygen atoms in total. The molecule has 0 aliphatic carbocycles. The van der Waals surface area contributed by atoms with Crippen LogP contribution in [0.15, 0.2) is 48.0 Å². The third kappa shape index (κ3) is 5.97. The number of benzene rings is 1. The lowest BCUT2D eigenvalue weighted by Crippen LogP contribution is -2.42. The van der Waals surface area contributed by atoms with E-state index in [1.54, 1.807) is 18.4 Å². The molecule has 1 fully saturated rings. The minimum Gasteiger partial charge on any atom is -0.497 e. The van der Waals surface area contributed by atoms with Crippen LogP contribution in [0.3, 0.4) is 0 Å². The number of ether oxygens (including phenoxy) is 1. The van der Waals surface area contributed by atoms with E-state index in [0.717, 1.165) is 60.4 Å². The van der Waals surface area contributed by atoms with Crippen LogP contribution in [0, 0.1) is 23.7 Å². The number of aliphatic hydroxyl groups excluding tert-OH is 1. The molecule has 0 amide bonds. The SMILES string of the molecule is COc1ccc2nccc([C@@H](CC[C@@H]3CCN(CC#Cc4cccs4)C[C@@H]3CO)N(C)C)c2c1. The van der Waals surface area contributed by atoms with Gasteiger partial charge in [-0.3, -0.25) is 9.88 Å². The number of rotatable bonds is 8. The summed E-state index contributed by atoms with van der Waals surface area (Å²) < 4.78 is 5.48. The Morgan fingerprint density at radius 2 is 2.15 bits per heavy atom. The molecule has 0 saturated carbocycles. The first-order chi connectivity index (χ1) is 16.6. The standard InChI is InChI=1S/C28H35N3O2S/c1-30(2)28(25-12-14-29-27-10-9-23(33-3)18-26(25)27)11-8-21-13-16-31(19-22(21)20-32)15-4-6-24-7-5-17-34-24/h5,7,9-10,12,14,17-18,21-22,28,32H,8,11,13,15-16,19-20H2,1-3H3/t21-,22-,28-/m1/s1. The Labute approximate surface area is 207 Å². The Hall–Kier alpha value is -2.43. The molecule has 0 radical (unpaired) electrons. The first kappa shape index (κ1) is 24.7. The quantitative estimate of drug-likeness (QED) is 0.478. The van der Waals surface area contributed by atoms with Crippen molar-refractivity contribution in [2.24, 2.45) is 11.8 Å². The Kier molecular flexibility index (Phi) is 8.58. The number of piperidine rings is 1. The summed E-state index contributed by atoms with van der Waals surface area (Å²) in [7, 11) is 6.00. The fourth-order valence-corrected chi connectivity index (χ4v) is 5.69. The van der Waals surface area contributed by atoms with Gasteiger partial charge in [0.1, 0.15) is 5.75 Å². The van der Waals surface area contributed by atoms with Gasteiger partial charge in [-0.15, -0.1) is 11.3 Å². The summed E-state index contributed by atoms with van der Waals surface area (Å²) in [6.45, 7) is 2.97. The van der Waals surface area contributed by atoms with Crippen molar-refractivity contribution in [2.75, 3.05) is 47.4 Å². The van der Waals surface area contributed by atoms with E-state index >= 15 is 0 Å². The molecule has 3 heterocycles. The molecule has 180 valence electrons. The minimum absolute atomic E-state index is 0.238. The van der Waals surface area contributed by atoms with Gasteiger partial charge in [-0.05, 0) is 93.0 Å². The van der Waals surface area contributed by atoms with Crippen molar-refractivity contribution in [2.45, 2.75) is 25.3 Å². The zero-order valence-corrected chi connectivity index (χ0v) is 21.2. The van der Waals surface area contributed by atoms with Gasteiger partial charge in [-0.1, -0.05) is 17.9 Å². The summed E-state index contributed by atoms with van der Waals surface area (Å²) in [5.41, 5.74) is 2.28. The predicted octanol–water partition coefficient (Wildman–Crippen LogP) is 4.67. The van der Waals surface area contributed by atoms with Crippen LogP contribution in [0.1, 0.15) is 35.7 Å². The fourth-order valence-electron chi connectivity index (χ4n) is 5.10. The van der Waals surface area contributed by atoms with Crippen molar-refractivity contribution in [3.63, 3.8) is 0 Å². The highest BCUT2D eigenvalue weighted by Gasteiger charge is 2.29. The lowest BCUT2D eigenvalue weighted by atomic mass is 9.81. The fraction of sp³-hybridized carbons (Fsp3) is 0.464. The second-order valence-electron chi connectivity index (χ2n) is 9.35. The topological polar surface area (TPSA) is 48.8 Å². The second kappa shape index (κ2) is 11.8. The van der Waals surface area contributed by atoms with Gasteiger partial charge in [-0.2, -0.15) is 0 Å².